The lowest BCUT2D eigenvalue weighted by Crippen LogP contribution is -2.37. The molecule has 1 aliphatic rings. The minimum atomic E-state index is -3.54. The quantitative estimate of drug-likeness (QED) is 0.750. The number of hydrogen-bond donors (Lipinski definition) is 3. The van der Waals surface area contributed by atoms with Gasteiger partial charge in [-0.2, -0.15) is 5.10 Å². The van der Waals surface area contributed by atoms with Gasteiger partial charge >= 0.3 is 0 Å². The molecule has 0 radical (unpaired) electrons. The molecule has 1 aromatic heterocycles. The van der Waals surface area contributed by atoms with Crippen LogP contribution in [0.25, 0.3) is 0 Å². The molecule has 6 nitrogen and oxygen atoms in total. The molecular weight excluding hydrogens is 264 g/mol. The number of rotatable bonds is 5. The molecule has 1 saturated carbocycles. The molecule has 2 unspecified atom stereocenters. The van der Waals surface area contributed by atoms with E-state index in [0.29, 0.717) is 18.0 Å². The predicted octanol–water partition coefficient (Wildman–Crippen LogP) is 0.904. The molecule has 0 aromatic carbocycles. The number of aromatic amines is 1. The molecule has 19 heavy (non-hydrogen) atoms. The van der Waals surface area contributed by atoms with Crippen LogP contribution >= 0.6 is 0 Å². The van der Waals surface area contributed by atoms with E-state index in [0.717, 1.165) is 25.0 Å². The Morgan fingerprint density at radius 2 is 2.16 bits per heavy atom. The zero-order valence-electron chi connectivity index (χ0n) is 11.7. The van der Waals surface area contributed by atoms with E-state index in [1.54, 1.807) is 7.05 Å². The summed E-state index contributed by atoms with van der Waals surface area (Å²) in [6.07, 6.45) is 3.07. The lowest BCUT2D eigenvalue weighted by atomic mass is 10.1. The Labute approximate surface area is 114 Å². The van der Waals surface area contributed by atoms with Crippen molar-refractivity contribution in [1.82, 2.24) is 20.2 Å². The maximum atomic E-state index is 12.4. The third kappa shape index (κ3) is 2.98. The van der Waals surface area contributed by atoms with Gasteiger partial charge in [-0.3, -0.25) is 5.10 Å². The minimum absolute atomic E-state index is 0.0319. The predicted molar refractivity (Wildman–Crippen MR) is 73.2 cm³/mol. The van der Waals surface area contributed by atoms with Crippen LogP contribution in [0, 0.1) is 12.8 Å². The van der Waals surface area contributed by atoms with Gasteiger partial charge in [0.15, 0.2) is 5.03 Å². The van der Waals surface area contributed by atoms with Crippen LogP contribution in [0.1, 0.15) is 37.4 Å². The van der Waals surface area contributed by atoms with Gasteiger partial charge in [0, 0.05) is 23.8 Å². The molecule has 1 aliphatic carbocycles. The second-order valence-electron chi connectivity index (χ2n) is 5.30. The second kappa shape index (κ2) is 5.60. The Hall–Kier alpha value is -0.920. The monoisotopic (exact) mass is 286 g/mol. The minimum Gasteiger partial charge on any atom is -0.316 e. The Bertz CT molecular complexity index is 538. The molecule has 1 aromatic rings. The molecule has 2 rings (SSSR count). The highest BCUT2D eigenvalue weighted by molar-refractivity contribution is 7.89. The number of hydrogen-bond acceptors (Lipinski definition) is 4. The summed E-state index contributed by atoms with van der Waals surface area (Å²) in [7, 11) is -1.75. The van der Waals surface area contributed by atoms with Crippen molar-refractivity contribution in [1.29, 1.82) is 0 Å². The fraction of sp³-hybridized carbons (Fsp3) is 0.750. The first-order valence-electron chi connectivity index (χ1n) is 6.66. The summed E-state index contributed by atoms with van der Waals surface area (Å²) < 4.78 is 27.6. The van der Waals surface area contributed by atoms with Gasteiger partial charge < -0.3 is 5.32 Å². The van der Waals surface area contributed by atoms with Gasteiger partial charge in [0.2, 0.25) is 0 Å². The summed E-state index contributed by atoms with van der Waals surface area (Å²) in [5.41, 5.74) is 1.50. The summed E-state index contributed by atoms with van der Waals surface area (Å²) in [4.78, 5) is 0. The number of aromatic nitrogens is 2. The van der Waals surface area contributed by atoms with Gasteiger partial charge in [0.1, 0.15) is 0 Å². The van der Waals surface area contributed by atoms with E-state index < -0.39 is 10.0 Å². The van der Waals surface area contributed by atoms with E-state index in [9.17, 15) is 8.42 Å². The maximum absolute atomic E-state index is 12.4. The lowest BCUT2D eigenvalue weighted by Gasteiger charge is -2.17. The molecule has 2 atom stereocenters. The maximum Gasteiger partial charge on any atom is 0.260 e. The topological polar surface area (TPSA) is 86.9 Å². The van der Waals surface area contributed by atoms with Crippen molar-refractivity contribution in [2.24, 2.45) is 5.92 Å². The second-order valence-corrected chi connectivity index (χ2v) is 6.93. The molecule has 0 spiro atoms. The smallest absolute Gasteiger partial charge is 0.260 e. The molecule has 0 amide bonds. The first-order chi connectivity index (χ1) is 8.95. The number of H-pyrrole nitrogens is 1. The first-order valence-corrected chi connectivity index (χ1v) is 8.14. The normalized spacial score (nSPS) is 23.9. The number of aryl methyl sites for hydroxylation is 1. The van der Waals surface area contributed by atoms with E-state index in [1.165, 1.54) is 0 Å². The van der Waals surface area contributed by atoms with Gasteiger partial charge in [-0.15, -0.1) is 0 Å². The van der Waals surface area contributed by atoms with Crippen LogP contribution in [0.2, 0.25) is 0 Å². The zero-order chi connectivity index (χ0) is 14.0. The largest absolute Gasteiger partial charge is 0.316 e. The van der Waals surface area contributed by atoms with Crippen molar-refractivity contribution in [2.75, 3.05) is 7.05 Å². The fourth-order valence-electron chi connectivity index (χ4n) is 2.61. The van der Waals surface area contributed by atoms with Crippen LogP contribution in [-0.4, -0.2) is 31.7 Å². The fourth-order valence-corrected chi connectivity index (χ4v) is 4.19. The van der Waals surface area contributed by atoms with Crippen molar-refractivity contribution < 1.29 is 8.42 Å². The highest BCUT2D eigenvalue weighted by atomic mass is 32.2. The number of nitrogens with zero attached hydrogens (tertiary/aromatic N) is 1. The standard InChI is InChI=1S/C12H22N4O2S/c1-8-5-4-6-11(8)16-19(17,18)12-10(7-13-3)9(2)14-15-12/h8,11,13,16H,4-7H2,1-3H3,(H,14,15). The van der Waals surface area contributed by atoms with Crippen LogP contribution in [0.15, 0.2) is 5.03 Å². The molecule has 0 bridgehead atoms. The Kier molecular flexibility index (Phi) is 4.27. The average Bonchev–Trinajstić information content (AvgIpc) is 2.88. The Balaban J connectivity index is 2.24. The third-order valence-corrected chi connectivity index (χ3v) is 5.27. The van der Waals surface area contributed by atoms with Gasteiger partial charge in [-0.25, -0.2) is 13.1 Å². The molecule has 108 valence electrons. The number of sulfonamides is 1. The van der Waals surface area contributed by atoms with Crippen molar-refractivity contribution in [2.45, 2.75) is 50.7 Å². The van der Waals surface area contributed by atoms with Gasteiger partial charge in [-0.1, -0.05) is 13.3 Å². The third-order valence-electron chi connectivity index (χ3n) is 3.81. The molecule has 3 N–H and O–H groups in total. The summed E-state index contributed by atoms with van der Waals surface area (Å²) in [5, 5.41) is 9.81. The SMILES string of the molecule is CNCc1c(S(=O)(=O)NC2CCCC2C)n[nH]c1C. The number of nitrogens with one attached hydrogen (secondary N) is 3. The van der Waals surface area contributed by atoms with Crippen molar-refractivity contribution in [3.63, 3.8) is 0 Å². The first kappa shape index (κ1) is 14.5. The van der Waals surface area contributed by atoms with Crippen molar-refractivity contribution in [3.05, 3.63) is 11.3 Å². The Morgan fingerprint density at radius 3 is 2.74 bits per heavy atom. The molecule has 0 saturated heterocycles. The molecule has 0 aliphatic heterocycles. The highest BCUT2D eigenvalue weighted by Crippen LogP contribution is 2.27. The summed E-state index contributed by atoms with van der Waals surface area (Å²) >= 11 is 0. The van der Waals surface area contributed by atoms with E-state index in [2.05, 4.69) is 27.2 Å². The zero-order valence-corrected chi connectivity index (χ0v) is 12.5. The van der Waals surface area contributed by atoms with E-state index in [-0.39, 0.29) is 11.1 Å². The average molecular weight is 286 g/mol. The van der Waals surface area contributed by atoms with Gasteiger partial charge in [0.05, 0.1) is 0 Å². The molecular formula is C12H22N4O2S. The van der Waals surface area contributed by atoms with Crippen molar-refractivity contribution in [3.8, 4) is 0 Å². The molecule has 1 heterocycles. The Morgan fingerprint density at radius 1 is 1.42 bits per heavy atom. The van der Waals surface area contributed by atoms with Crippen LogP contribution in [-0.2, 0) is 16.6 Å². The van der Waals surface area contributed by atoms with Gasteiger partial charge in [-0.05, 0) is 32.7 Å². The van der Waals surface area contributed by atoms with E-state index in [4.69, 9.17) is 0 Å². The highest BCUT2D eigenvalue weighted by Gasteiger charge is 2.31. The summed E-state index contributed by atoms with van der Waals surface area (Å²) in [5.74, 6) is 0.391. The van der Waals surface area contributed by atoms with Crippen molar-refractivity contribution >= 4 is 10.0 Å². The van der Waals surface area contributed by atoms with Crippen LogP contribution < -0.4 is 10.0 Å². The van der Waals surface area contributed by atoms with E-state index in [1.807, 2.05) is 6.92 Å². The molecule has 1 fully saturated rings. The van der Waals surface area contributed by atoms with E-state index >= 15 is 0 Å². The summed E-state index contributed by atoms with van der Waals surface area (Å²) in [6, 6.07) is 0.0319. The summed E-state index contributed by atoms with van der Waals surface area (Å²) in [6.45, 7) is 4.40. The van der Waals surface area contributed by atoms with Gasteiger partial charge in [0.25, 0.3) is 10.0 Å². The van der Waals surface area contributed by atoms with Crippen LogP contribution in [0.4, 0.5) is 0 Å². The lowest BCUT2D eigenvalue weighted by molar-refractivity contribution is 0.474. The van der Waals surface area contributed by atoms with Crippen LogP contribution in [0.3, 0.4) is 0 Å². The molecule has 7 heteroatoms. The van der Waals surface area contributed by atoms with Crippen LogP contribution in [0.5, 0.6) is 0 Å².